The maximum Gasteiger partial charge on any atom is 0.216 e. The average molecular weight is 920 g/mol. The van der Waals surface area contributed by atoms with Crippen LogP contribution < -0.4 is 5.19 Å². The van der Waals surface area contributed by atoms with Gasteiger partial charge >= 0.3 is 0 Å². The normalized spacial score (nSPS) is 12.3. The molecule has 4 heterocycles. The van der Waals surface area contributed by atoms with E-state index in [9.17, 15) is 0 Å². The number of furan rings is 1. The molecule has 0 fully saturated rings. The van der Waals surface area contributed by atoms with Gasteiger partial charge in [0.25, 0.3) is 0 Å². The van der Waals surface area contributed by atoms with E-state index in [2.05, 4.69) is 129 Å². The smallest absolute Gasteiger partial charge is 0.216 e. The summed E-state index contributed by atoms with van der Waals surface area (Å²) in [7, 11) is -1.50. The Balaban J connectivity index is 0.000000217. The van der Waals surface area contributed by atoms with Gasteiger partial charge in [0.2, 0.25) is 5.71 Å². The van der Waals surface area contributed by atoms with Gasteiger partial charge < -0.3 is 14.0 Å². The van der Waals surface area contributed by atoms with E-state index < -0.39 is 14.0 Å². The number of hydrogen-bond acceptors (Lipinski definition) is 4. The van der Waals surface area contributed by atoms with Gasteiger partial charge in [0.1, 0.15) is 0 Å². The Bertz CT molecular complexity index is 2620. The summed E-state index contributed by atoms with van der Waals surface area (Å²) in [5.41, 5.74) is 12.0. The van der Waals surface area contributed by atoms with Gasteiger partial charge in [-0.25, -0.2) is 4.98 Å². The SMILES string of the molecule is Cc1ccc2c(n1)oc1c(-c3nc4ccccc4n3-c3c(C(C)C)cccc3C(C)C)[c-]ccc12.[2H]C(C)(C)c1cc(-c2[c-]cccc2)ncc1[Si](C)(C)C.[Ir]. The molecule has 5 nitrogen and oxygen atoms in total. The van der Waals surface area contributed by atoms with Crippen LogP contribution in [0.15, 0.2) is 108 Å². The fourth-order valence-electron chi connectivity index (χ4n) is 7.24. The van der Waals surface area contributed by atoms with E-state index in [1.807, 2.05) is 69.4 Å². The summed E-state index contributed by atoms with van der Waals surface area (Å²) >= 11 is 0. The van der Waals surface area contributed by atoms with E-state index in [1.54, 1.807) is 0 Å². The summed E-state index contributed by atoms with van der Waals surface area (Å²) in [5.74, 6) is 0.941. The first kappa shape index (κ1) is 38.6. The van der Waals surface area contributed by atoms with Crippen molar-refractivity contribution >= 4 is 46.4 Å². The monoisotopic (exact) mass is 920 g/mol. The van der Waals surface area contributed by atoms with Crippen LogP contribution in [0.5, 0.6) is 0 Å². The molecule has 0 aliphatic rings. The largest absolute Gasteiger partial charge is 0.486 e. The minimum absolute atomic E-state index is 0. The zero-order valence-electron chi connectivity index (χ0n) is 34.5. The van der Waals surface area contributed by atoms with Crippen molar-refractivity contribution in [2.45, 2.75) is 85.8 Å². The van der Waals surface area contributed by atoms with Crippen LogP contribution in [-0.4, -0.2) is 27.6 Å². The van der Waals surface area contributed by atoms with Gasteiger partial charge in [-0.2, -0.15) is 0 Å². The first-order chi connectivity index (χ1) is 26.1. The van der Waals surface area contributed by atoms with Gasteiger partial charge in [-0.05, 0) is 70.9 Å². The maximum atomic E-state index is 8.44. The molecule has 283 valence electrons. The molecule has 4 aromatic carbocycles. The van der Waals surface area contributed by atoms with Crippen LogP contribution in [0.3, 0.4) is 0 Å². The van der Waals surface area contributed by atoms with E-state index in [-0.39, 0.29) is 20.1 Å². The Morgan fingerprint density at radius 2 is 1.45 bits per heavy atom. The summed E-state index contributed by atoms with van der Waals surface area (Å²) in [6.07, 6.45) is 1.98. The number of nitrogens with zero attached hydrogens (tertiary/aromatic N) is 4. The van der Waals surface area contributed by atoms with E-state index in [4.69, 9.17) is 10.8 Å². The Kier molecular flexibility index (Phi) is 11.4. The van der Waals surface area contributed by atoms with Gasteiger partial charge in [-0.15, -0.1) is 54.1 Å². The Hall–Kier alpha value is -4.68. The molecule has 7 heteroatoms. The van der Waals surface area contributed by atoms with E-state index in [0.717, 1.165) is 61.3 Å². The molecule has 4 aromatic heterocycles. The zero-order valence-corrected chi connectivity index (χ0v) is 36.9. The van der Waals surface area contributed by atoms with Crippen molar-refractivity contribution in [3.63, 3.8) is 0 Å². The number of aromatic nitrogens is 4. The van der Waals surface area contributed by atoms with E-state index >= 15 is 0 Å². The first-order valence-corrected chi connectivity index (χ1v) is 22.4. The van der Waals surface area contributed by atoms with Crippen LogP contribution in [0.25, 0.3) is 61.4 Å². The molecule has 0 spiro atoms. The second-order valence-electron chi connectivity index (χ2n) is 16.0. The van der Waals surface area contributed by atoms with Crippen LogP contribution in [0.1, 0.15) is 83.0 Å². The summed E-state index contributed by atoms with van der Waals surface area (Å²) in [6.45, 7) is 21.8. The average Bonchev–Trinajstić information content (AvgIpc) is 3.72. The summed E-state index contributed by atoms with van der Waals surface area (Å²) < 4.78 is 17.1. The predicted octanol–water partition coefficient (Wildman–Crippen LogP) is 12.6. The Morgan fingerprint density at radius 3 is 2.11 bits per heavy atom. The third kappa shape index (κ3) is 7.89. The molecule has 0 unspecified atom stereocenters. The molecule has 0 amide bonds. The van der Waals surface area contributed by atoms with Crippen molar-refractivity contribution in [1.29, 1.82) is 0 Å². The van der Waals surface area contributed by atoms with E-state index in [0.29, 0.717) is 17.5 Å². The zero-order chi connectivity index (χ0) is 39.2. The van der Waals surface area contributed by atoms with Crippen molar-refractivity contribution in [2.24, 2.45) is 0 Å². The van der Waals surface area contributed by atoms with Gasteiger partial charge in [0.15, 0.2) is 0 Å². The van der Waals surface area contributed by atoms with Crippen LogP contribution in [0.2, 0.25) is 19.6 Å². The van der Waals surface area contributed by atoms with Crippen LogP contribution >= 0.6 is 0 Å². The number of imidazole rings is 1. The van der Waals surface area contributed by atoms with Crippen molar-refractivity contribution < 1.29 is 25.9 Å². The topological polar surface area (TPSA) is 56.7 Å². The quantitative estimate of drug-likeness (QED) is 0.118. The van der Waals surface area contributed by atoms with Crippen molar-refractivity contribution in [3.8, 4) is 28.3 Å². The minimum atomic E-state index is -1.50. The molecule has 8 rings (SSSR count). The molecule has 55 heavy (non-hydrogen) atoms. The summed E-state index contributed by atoms with van der Waals surface area (Å²) in [6, 6.07) is 39.7. The number of rotatable bonds is 7. The molecule has 1 radical (unpaired) electrons. The fraction of sp³-hybridized carbons (Fsp3) is 0.271. The van der Waals surface area contributed by atoms with Crippen LogP contribution in [0, 0.1) is 19.1 Å². The molecule has 8 aromatic rings. The molecular weight excluding hydrogens is 869 g/mol. The Morgan fingerprint density at radius 1 is 0.745 bits per heavy atom. The summed E-state index contributed by atoms with van der Waals surface area (Å²) in [5, 5.41) is 3.31. The molecule has 0 atom stereocenters. The number of hydrogen-bond donors (Lipinski definition) is 0. The van der Waals surface area contributed by atoms with Gasteiger partial charge in [0.05, 0.1) is 30.5 Å². The van der Waals surface area contributed by atoms with Crippen LogP contribution in [-0.2, 0) is 20.1 Å². The predicted molar refractivity (Wildman–Crippen MR) is 229 cm³/mol. The second kappa shape index (κ2) is 16.2. The molecular formula is C48H50IrN4OSi-2. The van der Waals surface area contributed by atoms with E-state index in [1.165, 1.54) is 22.0 Å². The van der Waals surface area contributed by atoms with Gasteiger partial charge in [-0.1, -0.05) is 114 Å². The Labute approximate surface area is 342 Å². The second-order valence-corrected chi connectivity index (χ2v) is 21.0. The van der Waals surface area contributed by atoms with Gasteiger partial charge in [0, 0.05) is 44.4 Å². The molecule has 0 aliphatic carbocycles. The van der Waals surface area contributed by atoms with Gasteiger partial charge in [-0.3, -0.25) is 4.98 Å². The molecule has 0 saturated heterocycles. The molecule has 0 N–H and O–H groups in total. The maximum absolute atomic E-state index is 8.44. The number of aryl methyl sites for hydroxylation is 1. The molecule has 0 saturated carbocycles. The third-order valence-electron chi connectivity index (χ3n) is 10.0. The standard InChI is InChI=1S/C31H28N3O.C17H22NSi.Ir/c1-18(2)21-10-8-11-22(19(3)4)28(21)34-27-15-7-6-14-26(27)33-30(34)25-13-9-12-23-24-17-16-20(5)32-31(24)35-29(23)25;1-13(2)15-11-16(14-9-7-6-8-10-14)18-12-17(15)19(3,4)5;/h6-12,14-19H,1-5H3;6-9,11-13H,1-5H3;/q2*-1;/i;13D;. The number of fused-ring (bicyclic) bond motifs is 4. The number of para-hydroxylation sites is 3. The minimum Gasteiger partial charge on any atom is -0.486 e. The van der Waals surface area contributed by atoms with Crippen molar-refractivity contribution in [3.05, 3.63) is 138 Å². The fourth-order valence-corrected chi connectivity index (χ4v) is 8.82. The number of pyridine rings is 2. The third-order valence-corrected chi connectivity index (χ3v) is 12.0. The summed E-state index contributed by atoms with van der Waals surface area (Å²) in [4.78, 5) is 14.4. The first-order valence-electron chi connectivity index (χ1n) is 19.4. The number of benzene rings is 4. The molecule has 0 aliphatic heterocycles. The molecule has 0 bridgehead atoms. The van der Waals surface area contributed by atoms with Crippen molar-refractivity contribution in [2.75, 3.05) is 0 Å². The van der Waals surface area contributed by atoms with Crippen LogP contribution in [0.4, 0.5) is 0 Å². The van der Waals surface area contributed by atoms with Crippen molar-refractivity contribution in [1.82, 2.24) is 19.5 Å².